The number of carbonyl (C=O) groups is 1. The van der Waals surface area contributed by atoms with Crippen molar-refractivity contribution in [2.45, 2.75) is 21.0 Å². The van der Waals surface area contributed by atoms with E-state index in [4.69, 9.17) is 9.47 Å². The molecule has 184 valence electrons. The molecule has 1 aromatic heterocycles. The third-order valence-electron chi connectivity index (χ3n) is 4.75. The fraction of sp³-hybridized carbons (Fsp3) is 0.154. The fourth-order valence-corrected chi connectivity index (χ4v) is 5.76. The Morgan fingerprint density at radius 1 is 0.944 bits per heavy atom. The largest absolute Gasteiger partial charge is 0.493 e. The summed E-state index contributed by atoms with van der Waals surface area (Å²) < 4.78 is 12.9. The van der Waals surface area contributed by atoms with E-state index < -0.39 is 0 Å². The molecule has 10 heteroatoms. The van der Waals surface area contributed by atoms with Crippen molar-refractivity contribution in [1.82, 2.24) is 15.6 Å². The monoisotopic (exact) mass is 536 g/mol. The second-order valence-corrected chi connectivity index (χ2v) is 10.8. The van der Waals surface area contributed by atoms with Crippen LogP contribution < -0.4 is 14.9 Å². The molecule has 0 aliphatic rings. The molecule has 0 aliphatic heterocycles. The van der Waals surface area contributed by atoms with Crippen molar-refractivity contribution >= 4 is 47.0 Å². The Hall–Kier alpha value is -3.34. The molecule has 0 saturated carbocycles. The molecule has 0 unspecified atom stereocenters. The minimum absolute atomic E-state index is 0.198. The van der Waals surface area contributed by atoms with Gasteiger partial charge >= 0.3 is 0 Å². The summed E-state index contributed by atoms with van der Waals surface area (Å²) in [5.41, 5.74) is 5.61. The third-order valence-corrected chi connectivity index (χ3v) is 8.01. The molecule has 1 N–H and O–H groups in total. The van der Waals surface area contributed by atoms with Crippen molar-refractivity contribution in [2.24, 2.45) is 5.10 Å². The van der Waals surface area contributed by atoms with Gasteiger partial charge in [0.05, 0.1) is 19.1 Å². The van der Waals surface area contributed by atoms with Crippen LogP contribution in [0, 0.1) is 0 Å². The second kappa shape index (κ2) is 13.7. The number of amides is 1. The molecule has 1 amide bonds. The van der Waals surface area contributed by atoms with Gasteiger partial charge in [0.2, 0.25) is 0 Å². The zero-order valence-electron chi connectivity index (χ0n) is 19.5. The van der Waals surface area contributed by atoms with E-state index >= 15 is 0 Å². The van der Waals surface area contributed by atoms with Gasteiger partial charge < -0.3 is 9.47 Å². The first kappa shape index (κ1) is 25.7. The topological polar surface area (TPSA) is 85.7 Å². The van der Waals surface area contributed by atoms with Gasteiger partial charge in [-0.05, 0) is 34.9 Å². The normalized spacial score (nSPS) is 10.9. The lowest BCUT2D eigenvalue weighted by Gasteiger charge is -2.11. The molecule has 0 radical (unpaired) electrons. The molecule has 0 aliphatic carbocycles. The zero-order valence-corrected chi connectivity index (χ0v) is 21.9. The fourth-order valence-electron chi connectivity index (χ4n) is 2.99. The number of thioether (sulfide) groups is 2. The first-order valence-corrected chi connectivity index (χ1v) is 13.8. The third kappa shape index (κ3) is 8.11. The molecular formula is C26H24N4O3S3. The molecule has 36 heavy (non-hydrogen) atoms. The maximum Gasteiger partial charge on any atom is 0.250 e. The van der Waals surface area contributed by atoms with Crippen LogP contribution in [0.2, 0.25) is 0 Å². The lowest BCUT2D eigenvalue weighted by Crippen LogP contribution is -2.19. The van der Waals surface area contributed by atoms with Gasteiger partial charge in [-0.2, -0.15) is 5.10 Å². The summed E-state index contributed by atoms with van der Waals surface area (Å²) in [6.45, 7) is 0.420. The Morgan fingerprint density at radius 3 is 2.36 bits per heavy atom. The molecule has 7 nitrogen and oxygen atoms in total. The Morgan fingerprint density at radius 2 is 1.64 bits per heavy atom. The first-order chi connectivity index (χ1) is 17.7. The van der Waals surface area contributed by atoms with E-state index in [-0.39, 0.29) is 11.7 Å². The highest BCUT2D eigenvalue weighted by Crippen LogP contribution is 2.31. The number of hydrogen-bond donors (Lipinski definition) is 1. The SMILES string of the molecule is COc1ccc(/C=N/NC(=O)CSc2nnc(SCc3ccccc3)s2)cc1OCc1ccccc1. The highest BCUT2D eigenvalue weighted by atomic mass is 32.2. The number of hydrazone groups is 1. The Labute approximate surface area is 222 Å². The number of nitrogens with zero attached hydrogens (tertiary/aromatic N) is 3. The maximum atomic E-state index is 12.2. The number of hydrogen-bond acceptors (Lipinski definition) is 9. The van der Waals surface area contributed by atoms with E-state index in [2.05, 4.69) is 32.9 Å². The van der Waals surface area contributed by atoms with Crippen LogP contribution in [0.5, 0.6) is 11.5 Å². The average molecular weight is 537 g/mol. The van der Waals surface area contributed by atoms with Crippen molar-refractivity contribution in [3.63, 3.8) is 0 Å². The predicted molar refractivity (Wildman–Crippen MR) is 146 cm³/mol. The lowest BCUT2D eigenvalue weighted by atomic mass is 10.2. The van der Waals surface area contributed by atoms with Crippen LogP contribution >= 0.6 is 34.9 Å². The average Bonchev–Trinajstić information content (AvgIpc) is 3.39. The number of nitrogens with one attached hydrogen (secondary N) is 1. The Kier molecular flexibility index (Phi) is 9.78. The van der Waals surface area contributed by atoms with Gasteiger partial charge in [-0.25, -0.2) is 5.43 Å². The molecule has 0 bridgehead atoms. The van der Waals surface area contributed by atoms with Crippen LogP contribution in [0.3, 0.4) is 0 Å². The summed E-state index contributed by atoms with van der Waals surface area (Å²) in [4.78, 5) is 12.2. The summed E-state index contributed by atoms with van der Waals surface area (Å²) in [6.07, 6.45) is 1.57. The molecular weight excluding hydrogens is 513 g/mol. The van der Waals surface area contributed by atoms with Crippen LogP contribution in [-0.4, -0.2) is 35.2 Å². The number of methoxy groups -OCH3 is 1. The minimum atomic E-state index is -0.223. The van der Waals surface area contributed by atoms with E-state index in [1.54, 1.807) is 25.1 Å². The van der Waals surface area contributed by atoms with Crippen molar-refractivity contribution in [3.8, 4) is 11.5 Å². The molecule has 1 heterocycles. The van der Waals surface area contributed by atoms with Gasteiger partial charge in [0.15, 0.2) is 20.2 Å². The standard InChI is InChI=1S/C26H24N4O3S3/c1-32-22-13-12-21(14-23(22)33-16-19-8-4-2-5-9-19)15-27-28-24(31)18-35-26-30-29-25(36-26)34-17-20-10-6-3-7-11-20/h2-15H,16-18H2,1H3,(H,28,31)/b27-15+. The van der Waals surface area contributed by atoms with Crippen molar-refractivity contribution in [2.75, 3.05) is 12.9 Å². The molecule has 4 aromatic rings. The van der Waals surface area contributed by atoms with Gasteiger partial charge in [-0.15, -0.1) is 10.2 Å². The van der Waals surface area contributed by atoms with Gasteiger partial charge in [0.1, 0.15) is 6.61 Å². The number of carbonyl (C=O) groups excluding carboxylic acids is 1. The van der Waals surface area contributed by atoms with Crippen LogP contribution in [-0.2, 0) is 17.2 Å². The quantitative estimate of drug-likeness (QED) is 0.142. The van der Waals surface area contributed by atoms with Crippen LogP contribution in [0.4, 0.5) is 0 Å². The maximum absolute atomic E-state index is 12.2. The minimum Gasteiger partial charge on any atom is -0.493 e. The molecule has 0 fully saturated rings. The highest BCUT2D eigenvalue weighted by molar-refractivity contribution is 8.03. The molecule has 4 rings (SSSR count). The summed E-state index contributed by atoms with van der Waals surface area (Å²) in [6, 6.07) is 25.6. The number of rotatable bonds is 12. The van der Waals surface area contributed by atoms with Gasteiger partial charge in [0, 0.05) is 5.75 Å². The number of ether oxygens (including phenoxy) is 2. The number of aromatic nitrogens is 2. The van der Waals surface area contributed by atoms with E-state index in [0.29, 0.717) is 18.1 Å². The Bertz CT molecular complexity index is 1280. The lowest BCUT2D eigenvalue weighted by molar-refractivity contribution is -0.118. The molecule has 0 atom stereocenters. The van der Waals surface area contributed by atoms with Crippen LogP contribution in [0.25, 0.3) is 0 Å². The van der Waals surface area contributed by atoms with E-state index in [1.807, 2.05) is 66.7 Å². The smallest absolute Gasteiger partial charge is 0.250 e. The van der Waals surface area contributed by atoms with E-state index in [0.717, 1.165) is 25.6 Å². The zero-order chi connectivity index (χ0) is 25.0. The van der Waals surface area contributed by atoms with Gasteiger partial charge in [0.25, 0.3) is 5.91 Å². The summed E-state index contributed by atoms with van der Waals surface area (Å²) in [7, 11) is 1.60. The molecule has 0 saturated heterocycles. The van der Waals surface area contributed by atoms with E-state index in [9.17, 15) is 4.79 Å². The Balaban J connectivity index is 1.23. The van der Waals surface area contributed by atoms with Crippen molar-refractivity contribution < 1.29 is 14.3 Å². The second-order valence-electron chi connectivity index (χ2n) is 7.37. The summed E-state index contributed by atoms with van der Waals surface area (Å²) in [5, 5.41) is 12.4. The summed E-state index contributed by atoms with van der Waals surface area (Å²) >= 11 is 4.45. The summed E-state index contributed by atoms with van der Waals surface area (Å²) in [5.74, 6) is 2.04. The van der Waals surface area contributed by atoms with Crippen LogP contribution in [0.1, 0.15) is 16.7 Å². The van der Waals surface area contributed by atoms with Gasteiger partial charge in [-0.3, -0.25) is 4.79 Å². The number of benzene rings is 3. The van der Waals surface area contributed by atoms with Crippen LogP contribution in [0.15, 0.2) is 92.6 Å². The van der Waals surface area contributed by atoms with Crippen molar-refractivity contribution in [3.05, 3.63) is 95.6 Å². The first-order valence-electron chi connectivity index (χ1n) is 11.0. The predicted octanol–water partition coefficient (Wildman–Crippen LogP) is 5.66. The molecule has 0 spiro atoms. The molecule has 3 aromatic carbocycles. The highest BCUT2D eigenvalue weighted by Gasteiger charge is 2.09. The van der Waals surface area contributed by atoms with Crippen molar-refractivity contribution in [1.29, 1.82) is 0 Å². The van der Waals surface area contributed by atoms with E-state index in [1.165, 1.54) is 28.7 Å². The van der Waals surface area contributed by atoms with Gasteiger partial charge in [-0.1, -0.05) is 95.5 Å².